The Morgan fingerprint density at radius 1 is 1.08 bits per heavy atom. The molecular weight excluding hydrogens is 498 g/mol. The number of nitrogens with one attached hydrogen (secondary N) is 1. The van der Waals surface area contributed by atoms with Gasteiger partial charge in [-0.25, -0.2) is 4.79 Å². The van der Waals surface area contributed by atoms with Gasteiger partial charge in [0.05, 0.1) is 13.7 Å². The minimum atomic E-state index is -0.329. The number of hydrogen-bond donors (Lipinski definition) is 1. The molecule has 1 aromatic carbocycles. The van der Waals surface area contributed by atoms with Crippen LogP contribution in [0.15, 0.2) is 53.5 Å². The lowest BCUT2D eigenvalue weighted by Gasteiger charge is -2.33. The van der Waals surface area contributed by atoms with E-state index in [4.69, 9.17) is 18.9 Å². The van der Waals surface area contributed by atoms with Crippen molar-refractivity contribution in [1.82, 2.24) is 15.1 Å². The zero-order valence-corrected chi connectivity index (χ0v) is 24.1. The predicted molar refractivity (Wildman–Crippen MR) is 150 cm³/mol. The summed E-state index contributed by atoms with van der Waals surface area (Å²) in [7, 11) is 3.29. The summed E-state index contributed by atoms with van der Waals surface area (Å²) in [4.78, 5) is 30.4. The van der Waals surface area contributed by atoms with Gasteiger partial charge in [0.2, 0.25) is 5.91 Å². The summed E-state index contributed by atoms with van der Waals surface area (Å²) in [6, 6.07) is 9.88. The number of hydrogen-bond acceptors (Lipinski definition) is 7. The number of ether oxygens (including phenoxy) is 4. The summed E-state index contributed by atoms with van der Waals surface area (Å²) in [5, 5.41) is 3.35. The summed E-state index contributed by atoms with van der Waals surface area (Å²) in [5.41, 5.74) is 1.76. The van der Waals surface area contributed by atoms with Crippen molar-refractivity contribution >= 4 is 12.0 Å². The van der Waals surface area contributed by atoms with Gasteiger partial charge in [0, 0.05) is 76.8 Å². The minimum absolute atomic E-state index is 0.00485. The molecule has 2 amide bonds. The summed E-state index contributed by atoms with van der Waals surface area (Å²) < 4.78 is 22.5. The fourth-order valence-corrected chi connectivity index (χ4v) is 4.87. The molecule has 0 bridgehead atoms. The molecule has 39 heavy (non-hydrogen) atoms. The molecule has 1 aliphatic heterocycles. The number of carbonyl (C=O) groups is 2. The van der Waals surface area contributed by atoms with E-state index in [2.05, 4.69) is 5.32 Å². The van der Waals surface area contributed by atoms with Crippen LogP contribution in [0, 0.1) is 5.92 Å². The predicted octanol–water partition coefficient (Wildman–Crippen LogP) is 4.10. The van der Waals surface area contributed by atoms with Gasteiger partial charge in [0.1, 0.15) is 11.9 Å². The standard InChI is InChI=1S/C30H45N3O6/c1-6-32(20-23-11-8-7-9-12-23)30(35)39-28-19-31-18-25(28)21-33(22(2)3)29(34)24-13-14-26(37-5)27(17-24)38-16-10-15-36-4/h7-9,11-12,17,22,25,28,31H,6,10,13-16,18-21H2,1-5H3/t25-,28+/m0/s1. The Bertz CT molecular complexity index is 994. The highest BCUT2D eigenvalue weighted by Crippen LogP contribution is 2.28. The van der Waals surface area contributed by atoms with Crippen LogP contribution in [0.25, 0.3) is 0 Å². The lowest BCUT2D eigenvalue weighted by Crippen LogP contribution is -2.45. The Hall–Kier alpha value is -3.04. The van der Waals surface area contributed by atoms with Crippen molar-refractivity contribution in [3.8, 4) is 0 Å². The second kappa shape index (κ2) is 15.5. The largest absolute Gasteiger partial charge is 0.497 e. The molecule has 9 nitrogen and oxygen atoms in total. The molecule has 0 aromatic heterocycles. The highest BCUT2D eigenvalue weighted by Gasteiger charge is 2.35. The smallest absolute Gasteiger partial charge is 0.410 e. The van der Waals surface area contributed by atoms with E-state index >= 15 is 0 Å². The van der Waals surface area contributed by atoms with Gasteiger partial charge in [0.15, 0.2) is 5.76 Å². The second-order valence-corrected chi connectivity index (χ2v) is 10.2. The van der Waals surface area contributed by atoms with E-state index in [1.165, 1.54) is 0 Å². The maximum Gasteiger partial charge on any atom is 0.410 e. The van der Waals surface area contributed by atoms with Gasteiger partial charge in [-0.1, -0.05) is 30.3 Å². The van der Waals surface area contributed by atoms with Crippen molar-refractivity contribution < 1.29 is 28.5 Å². The molecule has 0 saturated carbocycles. The van der Waals surface area contributed by atoms with Crippen LogP contribution in [0.5, 0.6) is 0 Å². The van der Waals surface area contributed by atoms with Crippen LogP contribution in [0.2, 0.25) is 0 Å². The molecular formula is C30H45N3O6. The highest BCUT2D eigenvalue weighted by atomic mass is 16.6. The van der Waals surface area contributed by atoms with Crippen LogP contribution in [0.3, 0.4) is 0 Å². The van der Waals surface area contributed by atoms with E-state index < -0.39 is 0 Å². The van der Waals surface area contributed by atoms with Crippen molar-refractivity contribution in [3.63, 3.8) is 0 Å². The van der Waals surface area contributed by atoms with Crippen LogP contribution in [-0.4, -0.2) is 87.6 Å². The van der Waals surface area contributed by atoms with Gasteiger partial charge in [0.25, 0.3) is 0 Å². The first-order valence-electron chi connectivity index (χ1n) is 14.0. The Morgan fingerprint density at radius 2 is 1.85 bits per heavy atom. The van der Waals surface area contributed by atoms with Gasteiger partial charge >= 0.3 is 6.09 Å². The first-order chi connectivity index (χ1) is 18.9. The third-order valence-corrected chi connectivity index (χ3v) is 7.17. The van der Waals surface area contributed by atoms with Crippen molar-refractivity contribution in [2.45, 2.75) is 58.7 Å². The number of benzene rings is 1. The number of rotatable bonds is 14. The molecule has 3 rings (SSSR count). The molecule has 1 fully saturated rings. The number of nitrogens with zero attached hydrogens (tertiary/aromatic N) is 2. The van der Waals surface area contributed by atoms with E-state index in [1.54, 1.807) is 19.1 Å². The molecule has 0 radical (unpaired) electrons. The van der Waals surface area contributed by atoms with Gasteiger partial charge in [-0.3, -0.25) is 4.79 Å². The number of methoxy groups -OCH3 is 2. The SMILES string of the molecule is CCN(Cc1ccccc1)C(=O)O[C@@H]1CNC[C@H]1CN(C(=O)C1=CC(OCCCOC)=C(OC)CC1)C(C)C. The van der Waals surface area contributed by atoms with E-state index in [9.17, 15) is 9.59 Å². The van der Waals surface area contributed by atoms with Crippen molar-refractivity contribution in [1.29, 1.82) is 0 Å². The molecule has 0 spiro atoms. The minimum Gasteiger partial charge on any atom is -0.497 e. The van der Waals surface area contributed by atoms with Gasteiger partial charge in [-0.05, 0) is 38.8 Å². The molecule has 9 heteroatoms. The quantitative estimate of drug-likeness (QED) is 0.354. The molecule has 1 N–H and O–H groups in total. The molecule has 1 aromatic rings. The fraction of sp³-hybridized carbons (Fsp3) is 0.600. The normalized spacial score (nSPS) is 19.1. The summed E-state index contributed by atoms with van der Waals surface area (Å²) in [5.74, 6) is 1.34. The maximum absolute atomic E-state index is 13.7. The molecule has 1 heterocycles. The monoisotopic (exact) mass is 543 g/mol. The number of amides is 2. The topological polar surface area (TPSA) is 89.6 Å². The third-order valence-electron chi connectivity index (χ3n) is 7.17. The van der Waals surface area contributed by atoms with Crippen LogP contribution in [-0.2, 0) is 30.3 Å². The number of carbonyl (C=O) groups excluding carboxylic acids is 2. The first-order valence-corrected chi connectivity index (χ1v) is 14.0. The van der Waals surface area contributed by atoms with E-state index in [0.717, 1.165) is 17.7 Å². The Morgan fingerprint density at radius 3 is 2.51 bits per heavy atom. The highest BCUT2D eigenvalue weighted by molar-refractivity contribution is 5.94. The molecule has 0 unspecified atom stereocenters. The molecule has 2 aliphatic rings. The van der Waals surface area contributed by atoms with E-state index in [0.29, 0.717) is 70.1 Å². The third kappa shape index (κ3) is 8.73. The van der Waals surface area contributed by atoms with Gasteiger partial charge in [-0.2, -0.15) is 0 Å². The average Bonchev–Trinajstić information content (AvgIpc) is 3.38. The zero-order chi connectivity index (χ0) is 28.2. The molecule has 216 valence electrons. The Labute approximate surface area is 233 Å². The summed E-state index contributed by atoms with van der Waals surface area (Å²) in [6.07, 6.45) is 3.13. The van der Waals surface area contributed by atoms with E-state index in [-0.39, 0.29) is 30.1 Å². The van der Waals surface area contributed by atoms with Crippen LogP contribution in [0.4, 0.5) is 4.79 Å². The second-order valence-electron chi connectivity index (χ2n) is 10.2. The number of allylic oxidation sites excluding steroid dienone is 2. The zero-order valence-electron chi connectivity index (χ0n) is 24.1. The lowest BCUT2D eigenvalue weighted by atomic mass is 9.98. The molecule has 1 aliphatic carbocycles. The lowest BCUT2D eigenvalue weighted by molar-refractivity contribution is -0.130. The van der Waals surface area contributed by atoms with E-state index in [1.807, 2.05) is 62.1 Å². The van der Waals surface area contributed by atoms with Crippen molar-refractivity contribution in [3.05, 3.63) is 59.1 Å². The molecule has 1 saturated heterocycles. The summed E-state index contributed by atoms with van der Waals surface area (Å²) in [6.45, 7) is 9.87. The van der Waals surface area contributed by atoms with Gasteiger partial charge in [-0.15, -0.1) is 0 Å². The fourth-order valence-electron chi connectivity index (χ4n) is 4.87. The Balaban J connectivity index is 1.65. The van der Waals surface area contributed by atoms with Crippen molar-refractivity contribution in [2.24, 2.45) is 5.92 Å². The average molecular weight is 544 g/mol. The van der Waals surface area contributed by atoms with Gasteiger partial charge < -0.3 is 34.1 Å². The van der Waals surface area contributed by atoms with Crippen LogP contribution < -0.4 is 5.32 Å². The Kier molecular flexibility index (Phi) is 12.1. The summed E-state index contributed by atoms with van der Waals surface area (Å²) >= 11 is 0. The first kappa shape index (κ1) is 30.5. The van der Waals surface area contributed by atoms with Crippen LogP contribution in [0.1, 0.15) is 45.6 Å². The molecule has 2 atom stereocenters. The maximum atomic E-state index is 13.7. The van der Waals surface area contributed by atoms with Crippen LogP contribution >= 0.6 is 0 Å². The van der Waals surface area contributed by atoms with Crippen molar-refractivity contribution in [2.75, 3.05) is 53.6 Å².